The standard InChI is InChI=1S/C22H26N4O4/c1-15(24-21(28)29-2)20(27)26-11-9-22(10-12-26)18-17(8-13-30-22)14-23-19(25-18)16-6-4-3-5-7-16/h3-7,14-15H,8-13H2,1-2H3,(H,24,28). The van der Waals surface area contributed by atoms with E-state index in [4.69, 9.17) is 9.72 Å². The number of nitrogens with zero attached hydrogens (tertiary/aromatic N) is 3. The molecule has 4 rings (SSSR count). The fourth-order valence-electron chi connectivity index (χ4n) is 4.18. The molecule has 158 valence electrons. The molecular weight excluding hydrogens is 384 g/mol. The van der Waals surface area contributed by atoms with Crippen LogP contribution in [0.3, 0.4) is 0 Å². The lowest BCUT2D eigenvalue weighted by atomic mass is 9.83. The second kappa shape index (κ2) is 8.39. The Balaban J connectivity index is 1.52. The second-order valence-electron chi connectivity index (χ2n) is 7.71. The number of likely N-dealkylation sites (tertiary alicyclic amines) is 1. The van der Waals surface area contributed by atoms with E-state index in [1.54, 1.807) is 11.8 Å². The topological polar surface area (TPSA) is 93.7 Å². The zero-order valence-electron chi connectivity index (χ0n) is 17.3. The van der Waals surface area contributed by atoms with Gasteiger partial charge in [-0.25, -0.2) is 14.8 Å². The lowest BCUT2D eigenvalue weighted by molar-refractivity contribution is -0.142. The maximum Gasteiger partial charge on any atom is 0.407 e. The molecule has 1 spiro atoms. The van der Waals surface area contributed by atoms with Gasteiger partial charge in [0, 0.05) is 24.8 Å². The van der Waals surface area contributed by atoms with Gasteiger partial charge in [0.15, 0.2) is 5.82 Å². The summed E-state index contributed by atoms with van der Waals surface area (Å²) in [5.74, 6) is 0.563. The highest BCUT2D eigenvalue weighted by Gasteiger charge is 2.43. The van der Waals surface area contributed by atoms with Gasteiger partial charge in [-0.2, -0.15) is 0 Å². The Labute approximate surface area is 175 Å². The van der Waals surface area contributed by atoms with Crippen molar-refractivity contribution in [3.63, 3.8) is 0 Å². The van der Waals surface area contributed by atoms with E-state index in [1.807, 2.05) is 36.5 Å². The van der Waals surface area contributed by atoms with Crippen molar-refractivity contribution in [3.05, 3.63) is 47.8 Å². The van der Waals surface area contributed by atoms with Crippen molar-refractivity contribution in [1.29, 1.82) is 0 Å². The van der Waals surface area contributed by atoms with Crippen LogP contribution in [0.4, 0.5) is 4.79 Å². The van der Waals surface area contributed by atoms with E-state index in [0.717, 1.165) is 23.2 Å². The number of fused-ring (bicyclic) bond motifs is 2. The quantitative estimate of drug-likeness (QED) is 0.834. The lowest BCUT2D eigenvalue weighted by Gasteiger charge is -2.44. The second-order valence-corrected chi connectivity index (χ2v) is 7.71. The maximum absolute atomic E-state index is 12.7. The summed E-state index contributed by atoms with van der Waals surface area (Å²) in [6.45, 7) is 3.36. The number of rotatable bonds is 3. The van der Waals surface area contributed by atoms with Gasteiger partial charge in [-0.15, -0.1) is 0 Å². The van der Waals surface area contributed by atoms with Gasteiger partial charge in [-0.1, -0.05) is 30.3 Å². The first kappa shape index (κ1) is 20.3. The molecule has 1 fully saturated rings. The van der Waals surface area contributed by atoms with Crippen LogP contribution in [0.25, 0.3) is 11.4 Å². The number of hydrogen-bond donors (Lipinski definition) is 1. The fraction of sp³-hybridized carbons (Fsp3) is 0.455. The molecule has 0 saturated carbocycles. The van der Waals surface area contributed by atoms with Crippen LogP contribution >= 0.6 is 0 Å². The lowest BCUT2D eigenvalue weighted by Crippen LogP contribution is -2.53. The highest BCUT2D eigenvalue weighted by Crippen LogP contribution is 2.41. The molecular formula is C22H26N4O4. The molecule has 2 aliphatic heterocycles. The molecule has 1 N–H and O–H groups in total. The summed E-state index contributed by atoms with van der Waals surface area (Å²) in [5, 5.41) is 2.53. The van der Waals surface area contributed by atoms with Crippen molar-refractivity contribution in [2.24, 2.45) is 0 Å². The van der Waals surface area contributed by atoms with Crippen LogP contribution in [0.1, 0.15) is 31.0 Å². The highest BCUT2D eigenvalue weighted by atomic mass is 16.5. The Morgan fingerprint density at radius 3 is 2.67 bits per heavy atom. The average molecular weight is 410 g/mol. The van der Waals surface area contributed by atoms with Gasteiger partial charge < -0.3 is 19.7 Å². The zero-order valence-corrected chi connectivity index (χ0v) is 17.3. The van der Waals surface area contributed by atoms with Crippen molar-refractivity contribution in [1.82, 2.24) is 20.2 Å². The van der Waals surface area contributed by atoms with Gasteiger partial charge in [0.05, 0.1) is 19.4 Å². The van der Waals surface area contributed by atoms with Gasteiger partial charge in [0.25, 0.3) is 0 Å². The predicted molar refractivity (Wildman–Crippen MR) is 110 cm³/mol. The Kier molecular flexibility index (Phi) is 5.67. The average Bonchev–Trinajstić information content (AvgIpc) is 2.79. The monoisotopic (exact) mass is 410 g/mol. The van der Waals surface area contributed by atoms with E-state index in [1.165, 1.54) is 7.11 Å². The van der Waals surface area contributed by atoms with E-state index < -0.39 is 17.7 Å². The number of carbonyl (C=O) groups is 2. The first-order valence-corrected chi connectivity index (χ1v) is 10.2. The fourth-order valence-corrected chi connectivity index (χ4v) is 4.18. The smallest absolute Gasteiger partial charge is 0.407 e. The SMILES string of the molecule is COC(=O)NC(C)C(=O)N1CCC2(CC1)OCCc1cnc(-c3ccccc3)nc12. The Bertz CT molecular complexity index is 926. The van der Waals surface area contributed by atoms with Crippen LogP contribution in [-0.4, -0.2) is 59.7 Å². The molecule has 8 heteroatoms. The molecule has 3 heterocycles. The van der Waals surface area contributed by atoms with Gasteiger partial charge in [0.2, 0.25) is 5.91 Å². The third kappa shape index (κ3) is 3.87. The Morgan fingerprint density at radius 2 is 1.97 bits per heavy atom. The van der Waals surface area contributed by atoms with Crippen molar-refractivity contribution in [3.8, 4) is 11.4 Å². The van der Waals surface area contributed by atoms with E-state index >= 15 is 0 Å². The van der Waals surface area contributed by atoms with Crippen molar-refractivity contribution in [2.75, 3.05) is 26.8 Å². The molecule has 2 aliphatic rings. The van der Waals surface area contributed by atoms with Gasteiger partial charge in [-0.05, 0) is 31.7 Å². The van der Waals surface area contributed by atoms with Crippen molar-refractivity contribution >= 4 is 12.0 Å². The Hall–Kier alpha value is -3.00. The number of piperidine rings is 1. The summed E-state index contributed by atoms with van der Waals surface area (Å²) in [5.41, 5.74) is 2.52. The minimum Gasteiger partial charge on any atom is -0.453 e. The number of ether oxygens (including phenoxy) is 2. The number of hydrogen-bond acceptors (Lipinski definition) is 6. The van der Waals surface area contributed by atoms with Crippen molar-refractivity contribution in [2.45, 2.75) is 37.8 Å². The molecule has 0 aliphatic carbocycles. The molecule has 1 unspecified atom stereocenters. The van der Waals surface area contributed by atoms with Gasteiger partial charge in [0.1, 0.15) is 11.6 Å². The summed E-state index contributed by atoms with van der Waals surface area (Å²) in [7, 11) is 1.28. The first-order valence-electron chi connectivity index (χ1n) is 10.2. The van der Waals surface area contributed by atoms with Crippen LogP contribution in [-0.2, 0) is 26.3 Å². The molecule has 2 amide bonds. The summed E-state index contributed by atoms with van der Waals surface area (Å²) in [4.78, 5) is 35.3. The largest absolute Gasteiger partial charge is 0.453 e. The van der Waals surface area contributed by atoms with E-state index in [-0.39, 0.29) is 5.91 Å². The maximum atomic E-state index is 12.7. The number of amides is 2. The molecule has 2 aromatic rings. The van der Waals surface area contributed by atoms with E-state index in [2.05, 4.69) is 15.0 Å². The normalized spacial score (nSPS) is 18.4. The molecule has 30 heavy (non-hydrogen) atoms. The molecule has 8 nitrogen and oxygen atoms in total. The van der Waals surface area contributed by atoms with Crippen LogP contribution in [0.15, 0.2) is 36.5 Å². The highest BCUT2D eigenvalue weighted by molar-refractivity contribution is 5.85. The molecule has 1 aromatic heterocycles. The summed E-state index contributed by atoms with van der Waals surface area (Å²) >= 11 is 0. The van der Waals surface area contributed by atoms with Gasteiger partial charge >= 0.3 is 6.09 Å². The predicted octanol–water partition coefficient (Wildman–Crippen LogP) is 2.28. The summed E-state index contributed by atoms with van der Waals surface area (Å²) in [6, 6.07) is 9.26. The minimum absolute atomic E-state index is 0.126. The summed E-state index contributed by atoms with van der Waals surface area (Å²) < 4.78 is 10.9. The van der Waals surface area contributed by atoms with Crippen LogP contribution in [0.2, 0.25) is 0 Å². The third-order valence-corrected chi connectivity index (χ3v) is 5.85. The molecule has 1 atom stereocenters. The Morgan fingerprint density at radius 1 is 1.23 bits per heavy atom. The summed E-state index contributed by atoms with van der Waals surface area (Å²) in [6.07, 6.45) is 3.40. The molecule has 0 bridgehead atoms. The number of nitrogens with one attached hydrogen (secondary N) is 1. The number of methoxy groups -OCH3 is 1. The molecule has 0 radical (unpaired) electrons. The number of aromatic nitrogens is 2. The number of benzene rings is 1. The number of carbonyl (C=O) groups excluding carboxylic acids is 2. The van der Waals surface area contributed by atoms with Crippen molar-refractivity contribution < 1.29 is 19.1 Å². The minimum atomic E-state index is -0.641. The zero-order chi connectivity index (χ0) is 21.1. The van der Waals surface area contributed by atoms with Crippen LogP contribution in [0, 0.1) is 0 Å². The molecule has 1 aromatic carbocycles. The van der Waals surface area contributed by atoms with E-state index in [0.29, 0.717) is 38.4 Å². The third-order valence-electron chi connectivity index (χ3n) is 5.85. The first-order chi connectivity index (χ1) is 14.5. The van der Waals surface area contributed by atoms with E-state index in [9.17, 15) is 9.59 Å². The van der Waals surface area contributed by atoms with Crippen LogP contribution in [0.5, 0.6) is 0 Å². The molecule has 1 saturated heterocycles. The van der Waals surface area contributed by atoms with Gasteiger partial charge in [-0.3, -0.25) is 4.79 Å². The van der Waals surface area contributed by atoms with Crippen LogP contribution < -0.4 is 5.32 Å². The number of alkyl carbamates (subject to hydrolysis) is 1.